The number of hydrogen-bond acceptors (Lipinski definition) is 0. The Hall–Kier alpha value is -0.703. The van der Waals surface area contributed by atoms with Gasteiger partial charge in [-0.3, -0.25) is 0 Å². The second-order valence-electron chi connectivity index (χ2n) is 6.58. The lowest BCUT2D eigenvalue weighted by Crippen LogP contribution is -2.16. The zero-order valence-electron chi connectivity index (χ0n) is 14.2. The van der Waals surface area contributed by atoms with Crippen LogP contribution in [0, 0.1) is 11.5 Å². The largest absolute Gasteiger partial charge is 0.132 e. The average molecular weight is 291 g/mol. The first-order chi connectivity index (χ1) is 9.56. The zero-order valence-corrected chi connectivity index (χ0v) is 15.2. The highest BCUT2D eigenvalue weighted by molar-refractivity contribution is 6.83. The Balaban J connectivity index is 3.42. The van der Waals surface area contributed by atoms with Crippen LogP contribution in [0.15, 0.2) is 17.9 Å². The summed E-state index contributed by atoms with van der Waals surface area (Å²) in [5, 5.41) is 0. The van der Waals surface area contributed by atoms with Crippen molar-refractivity contribution >= 4 is 8.07 Å². The van der Waals surface area contributed by atoms with Gasteiger partial charge in [-0.05, 0) is 37.8 Å². The van der Waals surface area contributed by atoms with Gasteiger partial charge in [-0.1, -0.05) is 58.7 Å². The molecule has 20 heavy (non-hydrogen) atoms. The molecular formula is C19H34Si. The lowest BCUT2D eigenvalue weighted by molar-refractivity contribution is 0.611. The Morgan fingerprint density at radius 2 is 1.40 bits per heavy atom. The predicted octanol–water partition coefficient (Wildman–Crippen LogP) is 6.50. The van der Waals surface area contributed by atoms with Gasteiger partial charge in [0.15, 0.2) is 0 Å². The van der Waals surface area contributed by atoms with Gasteiger partial charge in [0.25, 0.3) is 0 Å². The summed E-state index contributed by atoms with van der Waals surface area (Å²) >= 11 is 0. The second kappa shape index (κ2) is 13.3. The summed E-state index contributed by atoms with van der Waals surface area (Å²) in [5.41, 5.74) is 6.71. The van der Waals surface area contributed by atoms with E-state index in [1.807, 2.05) is 0 Å². The molecule has 0 heterocycles. The van der Waals surface area contributed by atoms with Crippen LogP contribution in [0.3, 0.4) is 0 Å². The first kappa shape index (κ1) is 19.3. The van der Waals surface area contributed by atoms with Gasteiger partial charge < -0.3 is 0 Å². The normalized spacial score (nSPS) is 10.4. The minimum atomic E-state index is -1.15. The van der Waals surface area contributed by atoms with Crippen LogP contribution in [-0.2, 0) is 0 Å². The van der Waals surface area contributed by atoms with Crippen LogP contribution in [0.2, 0.25) is 19.6 Å². The van der Waals surface area contributed by atoms with Gasteiger partial charge in [-0.2, -0.15) is 0 Å². The van der Waals surface area contributed by atoms with E-state index in [1.54, 1.807) is 0 Å². The molecule has 0 bridgehead atoms. The molecule has 0 aromatic heterocycles. The average Bonchev–Trinajstić information content (AvgIpc) is 2.38. The van der Waals surface area contributed by atoms with E-state index in [1.165, 1.54) is 51.4 Å². The molecule has 0 aliphatic carbocycles. The van der Waals surface area contributed by atoms with E-state index < -0.39 is 8.07 Å². The fourth-order valence-corrected chi connectivity index (χ4v) is 2.55. The number of rotatable bonds is 10. The van der Waals surface area contributed by atoms with Crippen molar-refractivity contribution in [1.82, 2.24) is 0 Å². The number of allylic oxidation sites excluding steroid dienone is 1. The van der Waals surface area contributed by atoms with E-state index in [0.717, 1.165) is 12.8 Å². The van der Waals surface area contributed by atoms with Crippen molar-refractivity contribution in [2.24, 2.45) is 0 Å². The molecule has 0 saturated carbocycles. The highest BCUT2D eigenvalue weighted by atomic mass is 28.3. The molecule has 114 valence electrons. The molecule has 1 heteroatoms. The van der Waals surface area contributed by atoms with Crippen molar-refractivity contribution in [3.05, 3.63) is 17.9 Å². The van der Waals surface area contributed by atoms with Crippen LogP contribution >= 0.6 is 0 Å². The predicted molar refractivity (Wildman–Crippen MR) is 95.6 cm³/mol. The third-order valence-electron chi connectivity index (χ3n) is 3.05. The molecule has 0 fully saturated rings. The summed E-state index contributed by atoms with van der Waals surface area (Å²) < 4.78 is 0. The summed E-state index contributed by atoms with van der Waals surface area (Å²) in [7, 11) is -1.15. The van der Waals surface area contributed by atoms with Crippen molar-refractivity contribution in [2.75, 3.05) is 0 Å². The molecule has 0 aliphatic rings. The fourth-order valence-electron chi connectivity index (χ4n) is 1.90. The molecule has 0 nitrogen and oxygen atoms in total. The lowest BCUT2D eigenvalue weighted by atomic mass is 10.1. The Morgan fingerprint density at radius 3 is 2.05 bits per heavy atom. The lowest BCUT2D eigenvalue weighted by Gasteiger charge is -2.02. The Kier molecular flexibility index (Phi) is 12.8. The second-order valence-corrected chi connectivity index (χ2v) is 11.3. The van der Waals surface area contributed by atoms with E-state index >= 15 is 0 Å². The van der Waals surface area contributed by atoms with Gasteiger partial charge in [0, 0.05) is 6.42 Å². The van der Waals surface area contributed by atoms with Gasteiger partial charge in [0.2, 0.25) is 0 Å². The summed E-state index contributed by atoms with van der Waals surface area (Å²) in [4.78, 5) is 0. The first-order valence-corrected chi connectivity index (χ1v) is 12.0. The number of hydrogen-bond donors (Lipinski definition) is 0. The summed E-state index contributed by atoms with van der Waals surface area (Å²) in [6.07, 6.45) is 17.2. The molecule has 0 rings (SSSR count). The minimum absolute atomic E-state index is 1.04. The van der Waals surface area contributed by atoms with Crippen LogP contribution in [0.1, 0.15) is 71.1 Å². The SMILES string of the molecule is CCCCCCCCC=C=CCCCC#C[Si](C)(C)C. The van der Waals surface area contributed by atoms with Gasteiger partial charge in [0.1, 0.15) is 8.07 Å². The summed E-state index contributed by atoms with van der Waals surface area (Å²) in [5.74, 6) is 3.31. The third kappa shape index (κ3) is 17.3. The Morgan fingerprint density at radius 1 is 0.800 bits per heavy atom. The van der Waals surface area contributed by atoms with E-state index in [-0.39, 0.29) is 0 Å². The van der Waals surface area contributed by atoms with Crippen molar-refractivity contribution in [1.29, 1.82) is 0 Å². The van der Waals surface area contributed by atoms with Crippen LogP contribution in [0.25, 0.3) is 0 Å². The maximum atomic E-state index is 3.41. The van der Waals surface area contributed by atoms with E-state index in [0.29, 0.717) is 0 Å². The van der Waals surface area contributed by atoms with Gasteiger partial charge >= 0.3 is 0 Å². The zero-order chi connectivity index (χ0) is 15.1. The van der Waals surface area contributed by atoms with Crippen molar-refractivity contribution in [2.45, 2.75) is 90.8 Å². The van der Waals surface area contributed by atoms with E-state index in [2.05, 4.69) is 55.9 Å². The van der Waals surface area contributed by atoms with Crippen molar-refractivity contribution in [3.8, 4) is 11.5 Å². The Bertz CT molecular complexity index is 329. The first-order valence-electron chi connectivity index (χ1n) is 8.45. The fraction of sp³-hybridized carbons (Fsp3) is 0.737. The van der Waals surface area contributed by atoms with Gasteiger partial charge in [-0.25, -0.2) is 0 Å². The molecule has 0 atom stereocenters. The number of unbranched alkanes of at least 4 members (excludes halogenated alkanes) is 8. The molecule has 0 unspecified atom stereocenters. The van der Waals surface area contributed by atoms with Gasteiger partial charge in [-0.15, -0.1) is 17.2 Å². The van der Waals surface area contributed by atoms with Crippen LogP contribution < -0.4 is 0 Å². The minimum Gasteiger partial charge on any atom is -0.132 e. The molecule has 0 spiro atoms. The topological polar surface area (TPSA) is 0 Å². The third-order valence-corrected chi connectivity index (χ3v) is 3.98. The molecule has 0 radical (unpaired) electrons. The highest BCUT2D eigenvalue weighted by Gasteiger charge is 2.06. The maximum absolute atomic E-state index is 3.41. The van der Waals surface area contributed by atoms with Crippen molar-refractivity contribution < 1.29 is 0 Å². The maximum Gasteiger partial charge on any atom is 0.129 e. The molecule has 0 aromatic carbocycles. The van der Waals surface area contributed by atoms with Crippen molar-refractivity contribution in [3.63, 3.8) is 0 Å². The smallest absolute Gasteiger partial charge is 0.129 e. The molecule has 0 saturated heterocycles. The molecule has 0 N–H and O–H groups in total. The summed E-state index contributed by atoms with van der Waals surface area (Å²) in [6, 6.07) is 0. The molecule has 0 aromatic rings. The quantitative estimate of drug-likeness (QED) is 0.186. The highest BCUT2D eigenvalue weighted by Crippen LogP contribution is 2.07. The summed E-state index contributed by atoms with van der Waals surface area (Å²) in [6.45, 7) is 9.16. The Labute approximate surface area is 128 Å². The monoisotopic (exact) mass is 290 g/mol. The standard InChI is InChI=1S/C19H34Si/c1-5-6-7-8-9-10-11-12-13-14-15-16-17-18-19-20(2,3)4/h12,14H,5-11,15-17H2,1-4H3. The van der Waals surface area contributed by atoms with Gasteiger partial charge in [0.05, 0.1) is 0 Å². The molecule has 0 amide bonds. The molecular weight excluding hydrogens is 256 g/mol. The molecule has 0 aliphatic heterocycles. The van der Waals surface area contributed by atoms with E-state index in [4.69, 9.17) is 0 Å². The van der Waals surface area contributed by atoms with E-state index in [9.17, 15) is 0 Å². The van der Waals surface area contributed by atoms with Crippen LogP contribution in [0.4, 0.5) is 0 Å². The van der Waals surface area contributed by atoms with Crippen LogP contribution in [-0.4, -0.2) is 8.07 Å². The van der Waals surface area contributed by atoms with Crippen LogP contribution in [0.5, 0.6) is 0 Å².